The summed E-state index contributed by atoms with van der Waals surface area (Å²) in [6.07, 6.45) is -0.905. The van der Waals surface area contributed by atoms with Crippen LogP contribution in [-0.2, 0) is 17.3 Å². The van der Waals surface area contributed by atoms with Crippen molar-refractivity contribution in [1.29, 1.82) is 0 Å². The summed E-state index contributed by atoms with van der Waals surface area (Å²) in [5.41, 5.74) is 1.80. The van der Waals surface area contributed by atoms with Crippen molar-refractivity contribution in [3.05, 3.63) is 70.7 Å². The third-order valence-corrected chi connectivity index (χ3v) is 5.45. The van der Waals surface area contributed by atoms with Gasteiger partial charge in [0.05, 0.1) is 12.3 Å². The highest BCUT2D eigenvalue weighted by Gasteiger charge is 2.23. The molecule has 23 heavy (non-hydrogen) atoms. The van der Waals surface area contributed by atoms with Crippen LogP contribution in [-0.4, -0.2) is 28.8 Å². The number of aliphatic hydroxyl groups is 1. The zero-order valence-electron chi connectivity index (χ0n) is 12.7. The van der Waals surface area contributed by atoms with Crippen molar-refractivity contribution in [2.24, 2.45) is 0 Å². The molecule has 2 aromatic carbocycles. The summed E-state index contributed by atoms with van der Waals surface area (Å²) in [4.78, 5) is 10.0. The zero-order chi connectivity index (χ0) is 16.7. The molecule has 2 unspecified atom stereocenters. The van der Waals surface area contributed by atoms with E-state index in [1.54, 1.807) is 6.07 Å². The lowest BCUT2D eigenvalue weighted by Crippen LogP contribution is -2.29. The van der Waals surface area contributed by atoms with Crippen LogP contribution in [0.25, 0.3) is 0 Å². The van der Waals surface area contributed by atoms with E-state index in [2.05, 4.69) is 5.32 Å². The predicted octanol–water partition coefficient (Wildman–Crippen LogP) is 3.26. The molecule has 4 nitrogen and oxygen atoms in total. The molecule has 0 amide bonds. The summed E-state index contributed by atoms with van der Waals surface area (Å²) in [5.74, 6) is 0. The number of nitrogens with one attached hydrogen (secondary N) is 1. The first-order valence-corrected chi connectivity index (χ1v) is 9.83. The van der Waals surface area contributed by atoms with E-state index in [0.29, 0.717) is 11.6 Å². The van der Waals surface area contributed by atoms with Gasteiger partial charge in [0.2, 0.25) is 7.37 Å². The van der Waals surface area contributed by atoms with E-state index in [1.807, 2.05) is 48.5 Å². The first-order valence-electron chi connectivity index (χ1n) is 7.42. The minimum Gasteiger partial charge on any atom is -0.391 e. The number of halogens is 1. The highest BCUT2D eigenvalue weighted by molar-refractivity contribution is 7.57. The molecule has 0 saturated carbocycles. The van der Waals surface area contributed by atoms with Crippen LogP contribution in [0.15, 0.2) is 54.6 Å². The molecule has 0 bridgehead atoms. The Morgan fingerprint density at radius 1 is 1.09 bits per heavy atom. The van der Waals surface area contributed by atoms with Crippen LogP contribution in [0.5, 0.6) is 0 Å². The Balaban J connectivity index is 1.77. The Bertz CT molecular complexity index is 666. The molecule has 0 aromatic heterocycles. The molecule has 0 saturated heterocycles. The van der Waals surface area contributed by atoms with Gasteiger partial charge in [0.15, 0.2) is 0 Å². The number of benzene rings is 2. The number of rotatable bonds is 8. The summed E-state index contributed by atoms with van der Waals surface area (Å²) in [6, 6.07) is 16.6. The fraction of sp³-hybridized carbons (Fsp3) is 0.294. The van der Waals surface area contributed by atoms with Crippen molar-refractivity contribution < 1.29 is 14.6 Å². The van der Waals surface area contributed by atoms with Crippen molar-refractivity contribution >= 4 is 19.0 Å². The topological polar surface area (TPSA) is 69.6 Å². The lowest BCUT2D eigenvalue weighted by Gasteiger charge is -2.17. The van der Waals surface area contributed by atoms with E-state index in [1.165, 1.54) is 0 Å². The van der Waals surface area contributed by atoms with Crippen LogP contribution in [0.4, 0.5) is 0 Å². The Morgan fingerprint density at radius 2 is 1.78 bits per heavy atom. The molecule has 0 heterocycles. The second-order valence-electron chi connectivity index (χ2n) is 5.59. The standard InChI is InChI=1S/C17H21ClNO3P/c18-16-8-4-7-15(9-16)10-19-11-17(20)13-23(21,22)12-14-5-2-1-3-6-14/h1-9,17,19-20H,10-13H2,(H,21,22). The van der Waals surface area contributed by atoms with E-state index >= 15 is 0 Å². The number of hydrogen-bond acceptors (Lipinski definition) is 3. The molecule has 0 fully saturated rings. The third kappa shape index (κ3) is 6.86. The molecular formula is C17H21ClNO3P. The molecular weight excluding hydrogens is 333 g/mol. The minimum atomic E-state index is -3.40. The van der Waals surface area contributed by atoms with Crippen molar-refractivity contribution in [2.45, 2.75) is 18.8 Å². The second-order valence-corrected chi connectivity index (χ2v) is 8.40. The largest absolute Gasteiger partial charge is 0.391 e. The maximum Gasteiger partial charge on any atom is 0.207 e. The predicted molar refractivity (Wildman–Crippen MR) is 94.0 cm³/mol. The van der Waals surface area contributed by atoms with E-state index in [9.17, 15) is 14.6 Å². The smallest absolute Gasteiger partial charge is 0.207 e. The average molecular weight is 354 g/mol. The van der Waals surface area contributed by atoms with E-state index in [0.717, 1.165) is 11.1 Å². The van der Waals surface area contributed by atoms with E-state index in [-0.39, 0.29) is 18.9 Å². The van der Waals surface area contributed by atoms with Gasteiger partial charge >= 0.3 is 0 Å². The Kier molecular flexibility index (Phi) is 6.82. The van der Waals surface area contributed by atoms with E-state index < -0.39 is 13.5 Å². The van der Waals surface area contributed by atoms with Crippen molar-refractivity contribution in [3.8, 4) is 0 Å². The number of aliphatic hydroxyl groups excluding tert-OH is 1. The summed E-state index contributed by atoms with van der Waals surface area (Å²) < 4.78 is 12.2. The SMILES string of the molecule is O=P(O)(Cc1ccccc1)CC(O)CNCc1cccc(Cl)c1. The van der Waals surface area contributed by atoms with Gasteiger partial charge < -0.3 is 15.3 Å². The molecule has 124 valence electrons. The first-order chi connectivity index (χ1) is 10.9. The van der Waals surface area contributed by atoms with Gasteiger partial charge in [0.25, 0.3) is 0 Å². The molecule has 0 radical (unpaired) electrons. The zero-order valence-corrected chi connectivity index (χ0v) is 14.4. The molecule has 0 aliphatic heterocycles. The van der Waals surface area contributed by atoms with Gasteiger partial charge in [0.1, 0.15) is 0 Å². The van der Waals surface area contributed by atoms with Crippen molar-refractivity contribution in [3.63, 3.8) is 0 Å². The quantitative estimate of drug-likeness (QED) is 0.637. The number of hydrogen-bond donors (Lipinski definition) is 3. The third-order valence-electron chi connectivity index (χ3n) is 3.37. The Hall–Kier alpha value is -1.16. The minimum absolute atomic E-state index is 0.0825. The summed E-state index contributed by atoms with van der Waals surface area (Å²) in [6.45, 7) is 0.803. The van der Waals surface area contributed by atoms with Crippen LogP contribution < -0.4 is 5.32 Å². The van der Waals surface area contributed by atoms with Crippen LogP contribution in [0, 0.1) is 0 Å². The van der Waals surface area contributed by atoms with Crippen LogP contribution in [0.2, 0.25) is 5.02 Å². The van der Waals surface area contributed by atoms with Gasteiger partial charge in [-0.05, 0) is 23.3 Å². The summed E-state index contributed by atoms with van der Waals surface area (Å²) in [5, 5.41) is 13.7. The van der Waals surface area contributed by atoms with Gasteiger partial charge in [0, 0.05) is 24.3 Å². The summed E-state index contributed by atoms with van der Waals surface area (Å²) >= 11 is 5.90. The molecule has 2 rings (SSSR count). The fourth-order valence-electron chi connectivity index (χ4n) is 2.36. The van der Waals surface area contributed by atoms with Crippen LogP contribution in [0.1, 0.15) is 11.1 Å². The van der Waals surface area contributed by atoms with Gasteiger partial charge in [-0.1, -0.05) is 54.1 Å². The molecule has 0 spiro atoms. The normalized spacial score (nSPS) is 15.1. The van der Waals surface area contributed by atoms with Gasteiger partial charge in [-0.25, -0.2) is 0 Å². The lowest BCUT2D eigenvalue weighted by atomic mass is 10.2. The van der Waals surface area contributed by atoms with Gasteiger partial charge in [-0.15, -0.1) is 0 Å². The maximum absolute atomic E-state index is 12.2. The molecule has 0 aliphatic carbocycles. The van der Waals surface area contributed by atoms with Crippen molar-refractivity contribution in [1.82, 2.24) is 5.32 Å². The Morgan fingerprint density at radius 3 is 2.48 bits per heavy atom. The highest BCUT2D eigenvalue weighted by atomic mass is 35.5. The van der Waals surface area contributed by atoms with Crippen molar-refractivity contribution in [2.75, 3.05) is 12.7 Å². The summed E-state index contributed by atoms with van der Waals surface area (Å²) in [7, 11) is -3.40. The first kappa shape index (κ1) is 18.2. The van der Waals surface area contributed by atoms with Gasteiger partial charge in [-0.3, -0.25) is 4.57 Å². The highest BCUT2D eigenvalue weighted by Crippen LogP contribution is 2.44. The van der Waals surface area contributed by atoms with E-state index in [4.69, 9.17) is 11.6 Å². The van der Waals surface area contributed by atoms with Crippen LogP contribution in [0.3, 0.4) is 0 Å². The molecule has 6 heteroatoms. The fourth-order valence-corrected chi connectivity index (χ4v) is 4.27. The molecule has 2 atom stereocenters. The average Bonchev–Trinajstić information content (AvgIpc) is 2.47. The molecule has 0 aliphatic rings. The van der Waals surface area contributed by atoms with Crippen LogP contribution >= 0.6 is 19.0 Å². The molecule has 2 aromatic rings. The maximum atomic E-state index is 12.2. The second kappa shape index (κ2) is 8.62. The lowest BCUT2D eigenvalue weighted by molar-refractivity contribution is 0.190. The monoisotopic (exact) mass is 353 g/mol. The van der Waals surface area contributed by atoms with Gasteiger partial charge in [-0.2, -0.15) is 0 Å². The Labute approximate surface area is 141 Å². The molecule has 3 N–H and O–H groups in total.